The van der Waals surface area contributed by atoms with Gasteiger partial charge in [0.15, 0.2) is 29.3 Å². The van der Waals surface area contributed by atoms with Crippen molar-refractivity contribution in [3.8, 4) is 22.8 Å². The second-order valence-electron chi connectivity index (χ2n) is 6.65. The second kappa shape index (κ2) is 8.59. The van der Waals surface area contributed by atoms with Crippen LogP contribution in [0.2, 0.25) is 0 Å². The molecule has 28 heavy (non-hydrogen) atoms. The van der Waals surface area contributed by atoms with Crippen molar-refractivity contribution in [2.75, 3.05) is 52.7 Å². The molecular weight excluding hydrogens is 366 g/mol. The molecule has 1 atom stereocenters. The zero-order valence-corrected chi connectivity index (χ0v) is 15.4. The molecule has 3 heterocycles. The standard InChI is InChI=1S/C19H23N3O6/c23-11-14(10-22-3-5-25-6-4-22)21-19(24)17-18(28-12-20-17)13-1-2-15-16(9-13)27-8-7-26-15/h1-2,9,12,14,23H,3-8,10-11H2,(H,21,24). The molecule has 9 heteroatoms. The molecule has 2 aromatic rings. The first-order valence-corrected chi connectivity index (χ1v) is 9.30. The average molecular weight is 389 g/mol. The molecule has 1 unspecified atom stereocenters. The van der Waals surface area contributed by atoms with Crippen molar-refractivity contribution in [3.63, 3.8) is 0 Å². The highest BCUT2D eigenvalue weighted by Gasteiger charge is 2.24. The predicted octanol–water partition coefficient (Wildman–Crippen LogP) is 0.536. The number of nitrogens with zero attached hydrogens (tertiary/aromatic N) is 2. The molecule has 2 aliphatic heterocycles. The van der Waals surface area contributed by atoms with E-state index in [0.717, 1.165) is 13.1 Å². The molecule has 150 valence electrons. The lowest BCUT2D eigenvalue weighted by atomic mass is 10.1. The first kappa shape index (κ1) is 18.7. The highest BCUT2D eigenvalue weighted by Crippen LogP contribution is 2.35. The van der Waals surface area contributed by atoms with Gasteiger partial charge in [0.2, 0.25) is 0 Å². The number of hydrogen-bond acceptors (Lipinski definition) is 8. The smallest absolute Gasteiger partial charge is 0.274 e. The first-order valence-electron chi connectivity index (χ1n) is 9.30. The molecule has 2 N–H and O–H groups in total. The third kappa shape index (κ3) is 4.11. The summed E-state index contributed by atoms with van der Waals surface area (Å²) >= 11 is 0. The molecule has 0 spiro atoms. The Morgan fingerprint density at radius 3 is 2.75 bits per heavy atom. The molecule has 0 saturated carbocycles. The van der Waals surface area contributed by atoms with Gasteiger partial charge < -0.3 is 29.1 Å². The fraction of sp³-hybridized carbons (Fsp3) is 0.474. The summed E-state index contributed by atoms with van der Waals surface area (Å²) in [6, 6.07) is 4.93. The lowest BCUT2D eigenvalue weighted by molar-refractivity contribution is 0.0296. The quantitative estimate of drug-likeness (QED) is 0.737. The summed E-state index contributed by atoms with van der Waals surface area (Å²) in [6.07, 6.45) is 1.23. The van der Waals surface area contributed by atoms with E-state index in [1.54, 1.807) is 18.2 Å². The van der Waals surface area contributed by atoms with Crippen molar-refractivity contribution in [2.45, 2.75) is 6.04 Å². The summed E-state index contributed by atoms with van der Waals surface area (Å²) in [4.78, 5) is 19.0. The van der Waals surface area contributed by atoms with Crippen LogP contribution in [0.1, 0.15) is 10.5 Å². The van der Waals surface area contributed by atoms with Gasteiger partial charge >= 0.3 is 0 Å². The average Bonchev–Trinajstić information content (AvgIpc) is 3.23. The summed E-state index contributed by atoms with van der Waals surface area (Å²) in [7, 11) is 0. The summed E-state index contributed by atoms with van der Waals surface area (Å²) in [5.74, 6) is 1.21. The third-order valence-electron chi connectivity index (χ3n) is 4.72. The van der Waals surface area contributed by atoms with E-state index in [4.69, 9.17) is 18.6 Å². The fourth-order valence-corrected chi connectivity index (χ4v) is 3.30. The number of ether oxygens (including phenoxy) is 3. The second-order valence-corrected chi connectivity index (χ2v) is 6.65. The molecular formula is C19H23N3O6. The van der Waals surface area contributed by atoms with Crippen LogP contribution in [0, 0.1) is 0 Å². The van der Waals surface area contributed by atoms with Gasteiger partial charge in [-0.05, 0) is 18.2 Å². The summed E-state index contributed by atoms with van der Waals surface area (Å²) in [5.41, 5.74) is 0.831. The third-order valence-corrected chi connectivity index (χ3v) is 4.72. The Bertz CT molecular complexity index is 818. The minimum absolute atomic E-state index is 0.164. The van der Waals surface area contributed by atoms with Crippen molar-refractivity contribution in [3.05, 3.63) is 30.3 Å². The van der Waals surface area contributed by atoms with Gasteiger partial charge in [0.25, 0.3) is 5.91 Å². The topological polar surface area (TPSA) is 106 Å². The Hall–Kier alpha value is -2.62. The number of nitrogens with one attached hydrogen (secondary N) is 1. The van der Waals surface area contributed by atoms with Crippen LogP contribution in [-0.2, 0) is 4.74 Å². The van der Waals surface area contributed by atoms with Gasteiger partial charge in [0, 0.05) is 25.2 Å². The number of oxazole rings is 1. The van der Waals surface area contributed by atoms with E-state index in [2.05, 4.69) is 15.2 Å². The summed E-state index contributed by atoms with van der Waals surface area (Å²) in [5, 5.41) is 12.5. The van der Waals surface area contributed by atoms with E-state index in [1.165, 1.54) is 6.39 Å². The van der Waals surface area contributed by atoms with Crippen LogP contribution >= 0.6 is 0 Å². The molecule has 2 aliphatic rings. The molecule has 4 rings (SSSR count). The van der Waals surface area contributed by atoms with Crippen molar-refractivity contribution in [1.82, 2.24) is 15.2 Å². The minimum atomic E-state index is -0.407. The number of aliphatic hydroxyl groups excluding tert-OH is 1. The molecule has 1 saturated heterocycles. The van der Waals surface area contributed by atoms with Gasteiger partial charge in [0.1, 0.15) is 13.2 Å². The molecule has 9 nitrogen and oxygen atoms in total. The minimum Gasteiger partial charge on any atom is -0.486 e. The predicted molar refractivity (Wildman–Crippen MR) is 98.5 cm³/mol. The molecule has 1 aromatic heterocycles. The number of aromatic nitrogens is 1. The number of morpholine rings is 1. The SMILES string of the molecule is O=C(NC(CO)CN1CCOCC1)c1ncoc1-c1ccc2c(c1)OCCO2. The maximum atomic E-state index is 12.8. The van der Waals surface area contributed by atoms with Crippen LogP contribution in [0.4, 0.5) is 0 Å². The van der Waals surface area contributed by atoms with E-state index < -0.39 is 11.9 Å². The Labute approximate surface area is 162 Å². The Balaban J connectivity index is 1.47. The van der Waals surface area contributed by atoms with Crippen molar-refractivity contribution >= 4 is 5.91 Å². The van der Waals surface area contributed by atoms with Gasteiger partial charge in [-0.15, -0.1) is 0 Å². The molecule has 1 fully saturated rings. The van der Waals surface area contributed by atoms with Crippen LogP contribution in [-0.4, -0.2) is 79.6 Å². The first-order chi connectivity index (χ1) is 13.7. The van der Waals surface area contributed by atoms with E-state index in [1.807, 2.05) is 0 Å². The number of carbonyl (C=O) groups excluding carboxylic acids is 1. The number of rotatable bonds is 6. The maximum absolute atomic E-state index is 12.8. The van der Waals surface area contributed by atoms with E-state index >= 15 is 0 Å². The van der Waals surface area contributed by atoms with Gasteiger partial charge in [-0.3, -0.25) is 9.69 Å². The van der Waals surface area contributed by atoms with Gasteiger partial charge in [-0.2, -0.15) is 0 Å². The highest BCUT2D eigenvalue weighted by atomic mass is 16.6. The van der Waals surface area contributed by atoms with Crippen LogP contribution in [0.3, 0.4) is 0 Å². The monoisotopic (exact) mass is 389 g/mol. The normalized spacial score (nSPS) is 17.9. The Morgan fingerprint density at radius 1 is 1.18 bits per heavy atom. The zero-order valence-electron chi connectivity index (χ0n) is 15.4. The van der Waals surface area contributed by atoms with Crippen LogP contribution in [0.25, 0.3) is 11.3 Å². The number of benzene rings is 1. The van der Waals surface area contributed by atoms with Gasteiger partial charge in [0.05, 0.1) is 25.9 Å². The molecule has 0 bridgehead atoms. The number of hydrogen-bond donors (Lipinski definition) is 2. The highest BCUT2D eigenvalue weighted by molar-refractivity contribution is 5.97. The fourth-order valence-electron chi connectivity index (χ4n) is 3.30. The Kier molecular flexibility index (Phi) is 5.75. The van der Waals surface area contributed by atoms with Crippen LogP contribution in [0.15, 0.2) is 29.0 Å². The van der Waals surface area contributed by atoms with E-state index in [-0.39, 0.29) is 12.3 Å². The lowest BCUT2D eigenvalue weighted by Gasteiger charge is -2.30. The summed E-state index contributed by atoms with van der Waals surface area (Å²) < 4.78 is 21.9. The maximum Gasteiger partial charge on any atom is 0.274 e. The Morgan fingerprint density at radius 2 is 1.96 bits per heavy atom. The molecule has 1 aromatic carbocycles. The van der Waals surface area contributed by atoms with Crippen LogP contribution in [0.5, 0.6) is 11.5 Å². The van der Waals surface area contributed by atoms with Crippen molar-refractivity contribution in [1.29, 1.82) is 0 Å². The summed E-state index contributed by atoms with van der Waals surface area (Å²) in [6.45, 7) is 4.22. The van der Waals surface area contributed by atoms with Crippen molar-refractivity contribution in [2.24, 2.45) is 0 Å². The number of carbonyl (C=O) groups is 1. The van der Waals surface area contributed by atoms with Gasteiger partial charge in [-0.1, -0.05) is 0 Å². The van der Waals surface area contributed by atoms with Crippen LogP contribution < -0.4 is 14.8 Å². The molecule has 0 aliphatic carbocycles. The molecule has 1 amide bonds. The van der Waals surface area contributed by atoms with Gasteiger partial charge in [-0.25, -0.2) is 4.98 Å². The van der Waals surface area contributed by atoms with E-state index in [0.29, 0.717) is 55.8 Å². The zero-order chi connectivity index (χ0) is 19.3. The molecule has 0 radical (unpaired) electrons. The number of amides is 1. The van der Waals surface area contributed by atoms with E-state index in [9.17, 15) is 9.90 Å². The number of aliphatic hydroxyl groups is 1. The largest absolute Gasteiger partial charge is 0.486 e. The number of fused-ring (bicyclic) bond motifs is 1. The lowest BCUT2D eigenvalue weighted by Crippen LogP contribution is -2.49. The van der Waals surface area contributed by atoms with Crippen molar-refractivity contribution < 1.29 is 28.5 Å².